The minimum absolute atomic E-state index is 0. The second-order valence-corrected chi connectivity index (χ2v) is 20.6. The molecule has 0 atom stereocenters. The number of benzene rings is 5. The summed E-state index contributed by atoms with van der Waals surface area (Å²) in [5.41, 5.74) is 13.4. The Kier molecular flexibility index (Phi) is 10.9. The zero-order chi connectivity index (χ0) is 40.5. The molecule has 0 amide bonds. The number of hydrogen-bond donors (Lipinski definition) is 0. The number of nitrogens with zero attached hydrogens (tertiary/aromatic N) is 2. The van der Waals surface area contributed by atoms with Crippen LogP contribution in [0.1, 0.15) is 40.2 Å². The molecular weight excluding hydrogens is 865 g/mol. The van der Waals surface area contributed by atoms with Gasteiger partial charge in [0.2, 0.25) is 0 Å². The van der Waals surface area contributed by atoms with Crippen LogP contribution >= 0.6 is 0 Å². The van der Waals surface area contributed by atoms with E-state index in [2.05, 4.69) is 130 Å². The number of para-hydroxylation sites is 1. The van der Waals surface area contributed by atoms with Gasteiger partial charge in [-0.05, 0) is 76.5 Å². The number of aryl methyl sites for hydroxylation is 3. The standard InChI is InChI=1S/C29H26NO.C21H22NSi.Ir/c1-18(2)15-21-13-14-30-26(16-21)22-11-12-23-24-9-6-10-25(29(24)31-27(23)17-22)28-19(3)7-5-8-20(28)4;1-16-10-11-18(14-20(16)17-8-6-5-7-9-17)21-13-12-19(15-22-21)23(2,3)4;/h5-10,12-14,16-18H,15H2,1-4H3;5-10,12-15H,1-4H3;/q2*-1;/i;1D3;. The third-order valence-electron chi connectivity index (χ3n) is 9.87. The van der Waals surface area contributed by atoms with E-state index in [9.17, 15) is 0 Å². The fourth-order valence-electron chi connectivity index (χ4n) is 7.03. The summed E-state index contributed by atoms with van der Waals surface area (Å²) in [6, 6.07) is 45.0. The average Bonchev–Trinajstić information content (AvgIpc) is 3.56. The maximum absolute atomic E-state index is 7.84. The Morgan fingerprint density at radius 1 is 0.709 bits per heavy atom. The monoisotopic (exact) mass is 916 g/mol. The largest absolute Gasteiger partial charge is 0.476 e. The Balaban J connectivity index is 0.000000195. The molecule has 0 saturated carbocycles. The molecule has 3 heterocycles. The summed E-state index contributed by atoms with van der Waals surface area (Å²) >= 11 is 0. The molecule has 279 valence electrons. The summed E-state index contributed by atoms with van der Waals surface area (Å²) in [6.07, 6.45) is 4.87. The van der Waals surface area contributed by atoms with Gasteiger partial charge in [0.25, 0.3) is 0 Å². The zero-order valence-corrected chi connectivity index (χ0v) is 35.9. The Labute approximate surface area is 345 Å². The summed E-state index contributed by atoms with van der Waals surface area (Å²) in [5, 5.41) is 3.51. The summed E-state index contributed by atoms with van der Waals surface area (Å²) in [5.74, 6) is 0.611. The number of aromatic nitrogens is 2. The van der Waals surface area contributed by atoms with Crippen LogP contribution in [-0.4, -0.2) is 18.0 Å². The number of hydrogen-bond acceptors (Lipinski definition) is 3. The van der Waals surface area contributed by atoms with E-state index >= 15 is 0 Å². The van der Waals surface area contributed by atoms with Crippen LogP contribution in [0.15, 0.2) is 132 Å². The van der Waals surface area contributed by atoms with Crippen molar-refractivity contribution in [1.29, 1.82) is 0 Å². The molecule has 0 aliphatic carbocycles. The smallest absolute Gasteiger partial charge is 0.131 e. The van der Waals surface area contributed by atoms with Crippen LogP contribution in [0.3, 0.4) is 0 Å². The molecule has 0 aliphatic rings. The summed E-state index contributed by atoms with van der Waals surface area (Å²) < 4.78 is 30.0. The second kappa shape index (κ2) is 16.8. The van der Waals surface area contributed by atoms with E-state index in [0.717, 1.165) is 62.0 Å². The number of furan rings is 1. The normalized spacial score (nSPS) is 12.4. The van der Waals surface area contributed by atoms with E-state index in [1.807, 2.05) is 60.9 Å². The van der Waals surface area contributed by atoms with Gasteiger partial charge in [0, 0.05) is 42.2 Å². The van der Waals surface area contributed by atoms with Crippen molar-refractivity contribution in [2.24, 2.45) is 5.92 Å². The number of fused-ring (bicyclic) bond motifs is 3. The van der Waals surface area contributed by atoms with Gasteiger partial charge in [-0.2, -0.15) is 0 Å². The molecule has 3 aromatic heterocycles. The van der Waals surface area contributed by atoms with Crippen molar-refractivity contribution in [1.82, 2.24) is 9.97 Å². The SMILES string of the molecule is Cc1cccc(C)c1-c1cccc2c1oc1cc(-c3cc(CC(C)C)ccn3)[c-]cc12.[2H]C([2H])([2H])c1c[c-]c(-c2ccc([Si](C)(C)C)cn2)cc1-c1ccccc1.[Ir]. The predicted octanol–water partition coefficient (Wildman–Crippen LogP) is 13.0. The summed E-state index contributed by atoms with van der Waals surface area (Å²) in [4.78, 5) is 9.20. The van der Waals surface area contributed by atoms with E-state index in [0.29, 0.717) is 17.0 Å². The quantitative estimate of drug-likeness (QED) is 0.118. The first kappa shape index (κ1) is 35.7. The molecular formula is C50H48IrN2OSi-2. The average molecular weight is 916 g/mol. The van der Waals surface area contributed by atoms with Crippen LogP contribution in [-0.2, 0) is 26.5 Å². The first-order chi connectivity index (χ1) is 27.2. The second-order valence-electron chi connectivity index (χ2n) is 15.5. The summed E-state index contributed by atoms with van der Waals surface area (Å²) in [7, 11) is -1.40. The molecule has 0 saturated heterocycles. The van der Waals surface area contributed by atoms with Crippen molar-refractivity contribution >= 4 is 35.2 Å². The molecule has 1 radical (unpaired) electrons. The van der Waals surface area contributed by atoms with Crippen molar-refractivity contribution in [3.05, 3.63) is 162 Å². The van der Waals surface area contributed by atoms with Crippen molar-refractivity contribution in [3.8, 4) is 44.8 Å². The molecule has 5 aromatic carbocycles. The van der Waals surface area contributed by atoms with Crippen LogP contribution in [0.5, 0.6) is 0 Å². The molecule has 0 fully saturated rings. The molecule has 0 spiro atoms. The van der Waals surface area contributed by atoms with Crippen LogP contribution < -0.4 is 5.19 Å². The van der Waals surface area contributed by atoms with Crippen LogP contribution in [0.25, 0.3) is 66.7 Å². The van der Waals surface area contributed by atoms with Gasteiger partial charge >= 0.3 is 0 Å². The fourth-order valence-corrected chi connectivity index (χ4v) is 8.07. The molecule has 8 aromatic rings. The van der Waals surface area contributed by atoms with Crippen molar-refractivity contribution in [3.63, 3.8) is 0 Å². The van der Waals surface area contributed by atoms with E-state index in [-0.39, 0.29) is 20.1 Å². The zero-order valence-electron chi connectivity index (χ0n) is 35.5. The minimum atomic E-state index is -2.19. The minimum Gasteiger partial charge on any atom is -0.476 e. The molecule has 0 aliphatic heterocycles. The molecule has 5 heteroatoms. The van der Waals surface area contributed by atoms with Gasteiger partial charge in [-0.25, -0.2) is 0 Å². The third kappa shape index (κ3) is 8.81. The first-order valence-corrected chi connectivity index (χ1v) is 22.1. The van der Waals surface area contributed by atoms with E-state index in [1.165, 1.54) is 27.4 Å². The maximum atomic E-state index is 7.84. The number of pyridine rings is 2. The van der Waals surface area contributed by atoms with E-state index in [1.54, 1.807) is 6.07 Å². The molecule has 55 heavy (non-hydrogen) atoms. The number of rotatable bonds is 7. The Morgan fingerprint density at radius 3 is 2.13 bits per heavy atom. The van der Waals surface area contributed by atoms with Gasteiger partial charge in [0.1, 0.15) is 5.58 Å². The van der Waals surface area contributed by atoms with Crippen LogP contribution in [0.2, 0.25) is 19.6 Å². The van der Waals surface area contributed by atoms with E-state index in [4.69, 9.17) is 8.53 Å². The predicted molar refractivity (Wildman–Crippen MR) is 231 cm³/mol. The third-order valence-corrected chi connectivity index (χ3v) is 11.9. The molecule has 8 rings (SSSR count). The Bertz CT molecular complexity index is 2660. The van der Waals surface area contributed by atoms with Gasteiger partial charge in [-0.3, -0.25) is 0 Å². The first-order valence-electron chi connectivity index (χ1n) is 20.1. The van der Waals surface area contributed by atoms with Crippen LogP contribution in [0, 0.1) is 38.8 Å². The van der Waals surface area contributed by atoms with Gasteiger partial charge in [-0.1, -0.05) is 148 Å². The van der Waals surface area contributed by atoms with Gasteiger partial charge in [-0.15, -0.1) is 47.0 Å². The summed E-state index contributed by atoms with van der Waals surface area (Å²) in [6.45, 7) is 13.5. The van der Waals surface area contributed by atoms with Crippen LogP contribution in [0.4, 0.5) is 0 Å². The van der Waals surface area contributed by atoms with Gasteiger partial charge in [0.05, 0.1) is 13.7 Å². The molecule has 0 bridgehead atoms. The van der Waals surface area contributed by atoms with Crippen molar-refractivity contribution in [2.75, 3.05) is 0 Å². The fraction of sp³-hybridized carbons (Fsp3) is 0.200. The maximum Gasteiger partial charge on any atom is 0.131 e. The van der Waals surface area contributed by atoms with Gasteiger partial charge in [0.15, 0.2) is 0 Å². The Morgan fingerprint density at radius 2 is 1.44 bits per heavy atom. The molecule has 3 nitrogen and oxygen atoms in total. The van der Waals surface area contributed by atoms with Gasteiger partial charge < -0.3 is 14.4 Å². The van der Waals surface area contributed by atoms with E-state index < -0.39 is 14.9 Å². The Hall–Kier alpha value is -4.93. The van der Waals surface area contributed by atoms with Crippen molar-refractivity contribution in [2.45, 2.75) is 60.6 Å². The molecule has 0 N–H and O–H groups in total. The van der Waals surface area contributed by atoms with Crippen molar-refractivity contribution < 1.29 is 28.6 Å². The topological polar surface area (TPSA) is 38.9 Å². The molecule has 0 unspecified atom stereocenters.